The van der Waals surface area contributed by atoms with E-state index in [4.69, 9.17) is 5.11 Å². The summed E-state index contributed by atoms with van der Waals surface area (Å²) in [5.74, 6) is 0.0152. The maximum absolute atomic E-state index is 10.9. The molecule has 5 nitrogen and oxygen atoms in total. The first-order valence-corrected chi connectivity index (χ1v) is 6.83. The van der Waals surface area contributed by atoms with Crippen molar-refractivity contribution in [3.63, 3.8) is 0 Å². The third-order valence-electron chi connectivity index (χ3n) is 3.28. The zero-order valence-electron chi connectivity index (χ0n) is 12.2. The van der Waals surface area contributed by atoms with Crippen LogP contribution in [0.4, 0.5) is 11.5 Å². The van der Waals surface area contributed by atoms with Gasteiger partial charge in [0.05, 0.1) is 5.56 Å². The van der Waals surface area contributed by atoms with Crippen LogP contribution in [0.5, 0.6) is 0 Å². The lowest BCUT2D eigenvalue weighted by atomic mass is 10.2. The summed E-state index contributed by atoms with van der Waals surface area (Å²) in [5, 5.41) is 12.2. The molecule has 21 heavy (non-hydrogen) atoms. The normalized spacial score (nSPS) is 10.2. The topological polar surface area (TPSA) is 65.5 Å². The summed E-state index contributed by atoms with van der Waals surface area (Å²) >= 11 is 0. The van der Waals surface area contributed by atoms with Crippen LogP contribution in [-0.4, -0.2) is 29.7 Å². The van der Waals surface area contributed by atoms with Crippen molar-refractivity contribution in [2.24, 2.45) is 0 Å². The fourth-order valence-corrected chi connectivity index (χ4v) is 1.88. The maximum Gasteiger partial charge on any atom is 0.335 e. The highest BCUT2D eigenvalue weighted by Gasteiger charge is 2.03. The Bertz CT molecular complexity index is 611. The second-order valence-corrected chi connectivity index (χ2v) is 4.78. The average Bonchev–Trinajstić information content (AvgIpc) is 2.53. The average molecular weight is 285 g/mol. The Hall–Kier alpha value is -2.56. The van der Waals surface area contributed by atoms with Crippen molar-refractivity contribution in [1.29, 1.82) is 0 Å². The van der Waals surface area contributed by atoms with Crippen molar-refractivity contribution in [2.45, 2.75) is 13.5 Å². The van der Waals surface area contributed by atoms with Crippen LogP contribution < -0.4 is 10.2 Å². The highest BCUT2D eigenvalue weighted by Crippen LogP contribution is 2.13. The van der Waals surface area contributed by atoms with Crippen molar-refractivity contribution in [1.82, 2.24) is 4.98 Å². The van der Waals surface area contributed by atoms with E-state index in [1.807, 2.05) is 31.4 Å². The molecule has 0 fully saturated rings. The number of carbonyl (C=O) groups is 1. The number of carboxylic acid groups (broad SMARTS) is 1. The van der Waals surface area contributed by atoms with E-state index >= 15 is 0 Å². The van der Waals surface area contributed by atoms with Crippen LogP contribution in [-0.2, 0) is 6.54 Å². The van der Waals surface area contributed by atoms with Crippen LogP contribution in [0, 0.1) is 0 Å². The number of benzene rings is 1. The van der Waals surface area contributed by atoms with E-state index in [2.05, 4.69) is 22.1 Å². The third kappa shape index (κ3) is 3.95. The molecule has 0 aliphatic carbocycles. The Balaban J connectivity index is 1.99. The summed E-state index contributed by atoms with van der Waals surface area (Å²) < 4.78 is 0. The predicted molar refractivity (Wildman–Crippen MR) is 83.9 cm³/mol. The van der Waals surface area contributed by atoms with E-state index in [-0.39, 0.29) is 5.56 Å². The standard InChI is InChI=1S/C16H19N3O2/c1-3-19(2)15-8-7-12(11-18-15)10-17-14-6-4-5-13(9-14)16(20)21/h4-9,11,17H,3,10H2,1-2H3,(H,20,21). The first-order chi connectivity index (χ1) is 10.1. The minimum atomic E-state index is -0.924. The first kappa shape index (κ1) is 14.8. The largest absolute Gasteiger partial charge is 0.478 e. The van der Waals surface area contributed by atoms with Crippen LogP contribution in [0.2, 0.25) is 0 Å². The molecule has 0 bridgehead atoms. The Morgan fingerprint density at radius 2 is 2.14 bits per heavy atom. The smallest absolute Gasteiger partial charge is 0.335 e. The molecule has 0 aliphatic heterocycles. The van der Waals surface area contributed by atoms with Gasteiger partial charge in [0, 0.05) is 32.0 Å². The zero-order chi connectivity index (χ0) is 15.2. The summed E-state index contributed by atoms with van der Waals surface area (Å²) in [6.07, 6.45) is 1.83. The number of hydrogen-bond donors (Lipinski definition) is 2. The number of aromatic carboxylic acids is 1. The molecule has 1 heterocycles. The highest BCUT2D eigenvalue weighted by atomic mass is 16.4. The molecule has 1 aromatic heterocycles. The van der Waals surface area contributed by atoms with Gasteiger partial charge in [-0.25, -0.2) is 9.78 Å². The number of aromatic nitrogens is 1. The van der Waals surface area contributed by atoms with Gasteiger partial charge >= 0.3 is 5.97 Å². The quantitative estimate of drug-likeness (QED) is 0.854. The molecule has 2 aromatic rings. The van der Waals surface area contributed by atoms with E-state index in [0.717, 1.165) is 23.6 Å². The summed E-state index contributed by atoms with van der Waals surface area (Å²) in [5.41, 5.74) is 2.10. The van der Waals surface area contributed by atoms with Gasteiger partial charge in [0.15, 0.2) is 0 Å². The number of rotatable bonds is 6. The lowest BCUT2D eigenvalue weighted by molar-refractivity contribution is 0.0697. The molecule has 0 atom stereocenters. The number of pyridine rings is 1. The molecule has 0 spiro atoms. The Kier molecular flexibility index (Phi) is 4.77. The van der Waals surface area contributed by atoms with Crippen LogP contribution in [0.3, 0.4) is 0 Å². The molecule has 2 N–H and O–H groups in total. The minimum Gasteiger partial charge on any atom is -0.478 e. The zero-order valence-corrected chi connectivity index (χ0v) is 12.2. The first-order valence-electron chi connectivity index (χ1n) is 6.83. The van der Waals surface area contributed by atoms with Gasteiger partial charge in [-0.3, -0.25) is 0 Å². The van der Waals surface area contributed by atoms with Crippen LogP contribution in [0.25, 0.3) is 0 Å². The maximum atomic E-state index is 10.9. The molecule has 0 saturated carbocycles. The van der Waals surface area contributed by atoms with Gasteiger partial charge < -0.3 is 15.3 Å². The predicted octanol–water partition coefficient (Wildman–Crippen LogP) is 2.85. The van der Waals surface area contributed by atoms with Gasteiger partial charge in [-0.1, -0.05) is 12.1 Å². The molecule has 0 amide bonds. The van der Waals surface area contributed by atoms with Crippen molar-refractivity contribution >= 4 is 17.5 Å². The number of anilines is 2. The molecular formula is C16H19N3O2. The van der Waals surface area contributed by atoms with Crippen molar-refractivity contribution in [2.75, 3.05) is 23.8 Å². The van der Waals surface area contributed by atoms with E-state index in [1.54, 1.807) is 18.2 Å². The second kappa shape index (κ2) is 6.74. The molecule has 0 saturated heterocycles. The van der Waals surface area contributed by atoms with Crippen LogP contribution in [0.1, 0.15) is 22.8 Å². The second-order valence-electron chi connectivity index (χ2n) is 4.78. The number of hydrogen-bond acceptors (Lipinski definition) is 4. The molecule has 5 heteroatoms. The van der Waals surface area contributed by atoms with Crippen LogP contribution in [0.15, 0.2) is 42.6 Å². The van der Waals surface area contributed by atoms with Crippen molar-refractivity contribution < 1.29 is 9.90 Å². The summed E-state index contributed by atoms with van der Waals surface area (Å²) in [6.45, 7) is 3.59. The molecule has 0 aliphatic rings. The molecule has 110 valence electrons. The van der Waals surface area contributed by atoms with Gasteiger partial charge in [0.25, 0.3) is 0 Å². The van der Waals surface area contributed by atoms with Gasteiger partial charge in [-0.2, -0.15) is 0 Å². The molecule has 0 unspecified atom stereocenters. The Morgan fingerprint density at radius 1 is 1.33 bits per heavy atom. The monoisotopic (exact) mass is 285 g/mol. The van der Waals surface area contributed by atoms with E-state index < -0.39 is 5.97 Å². The summed E-state index contributed by atoms with van der Waals surface area (Å²) in [4.78, 5) is 17.4. The van der Waals surface area contributed by atoms with E-state index in [0.29, 0.717) is 6.54 Å². The van der Waals surface area contributed by atoms with Gasteiger partial charge in [0.1, 0.15) is 5.82 Å². The van der Waals surface area contributed by atoms with Gasteiger partial charge in [0.2, 0.25) is 0 Å². The lowest BCUT2D eigenvalue weighted by Gasteiger charge is -2.15. The molecule has 0 radical (unpaired) electrons. The van der Waals surface area contributed by atoms with Crippen molar-refractivity contribution in [3.8, 4) is 0 Å². The van der Waals surface area contributed by atoms with E-state index in [1.165, 1.54) is 0 Å². The summed E-state index contributed by atoms with van der Waals surface area (Å²) in [6, 6.07) is 10.8. The highest BCUT2D eigenvalue weighted by molar-refractivity contribution is 5.88. The Labute approximate surface area is 124 Å². The summed E-state index contributed by atoms with van der Waals surface area (Å²) in [7, 11) is 2.00. The van der Waals surface area contributed by atoms with Gasteiger partial charge in [-0.05, 0) is 36.8 Å². The Morgan fingerprint density at radius 3 is 2.76 bits per heavy atom. The number of nitrogens with zero attached hydrogens (tertiary/aromatic N) is 2. The fraction of sp³-hybridized carbons (Fsp3) is 0.250. The van der Waals surface area contributed by atoms with Gasteiger partial charge in [-0.15, -0.1) is 0 Å². The van der Waals surface area contributed by atoms with E-state index in [9.17, 15) is 4.79 Å². The minimum absolute atomic E-state index is 0.276. The number of nitrogens with one attached hydrogen (secondary N) is 1. The fourth-order valence-electron chi connectivity index (χ4n) is 1.88. The van der Waals surface area contributed by atoms with Crippen LogP contribution >= 0.6 is 0 Å². The van der Waals surface area contributed by atoms with Crippen molar-refractivity contribution in [3.05, 3.63) is 53.7 Å². The third-order valence-corrected chi connectivity index (χ3v) is 3.28. The lowest BCUT2D eigenvalue weighted by Crippen LogP contribution is -2.17. The molecular weight excluding hydrogens is 266 g/mol. The SMILES string of the molecule is CCN(C)c1ccc(CNc2cccc(C(=O)O)c2)cn1. The number of carboxylic acids is 1. The molecule has 2 rings (SSSR count). The molecule has 1 aromatic carbocycles.